The molecule has 0 bridgehead atoms. The number of rotatable bonds is 7. The van der Waals surface area contributed by atoms with Gasteiger partial charge in [-0.1, -0.05) is 29.8 Å². The van der Waals surface area contributed by atoms with Crippen LogP contribution in [0.1, 0.15) is 29.3 Å². The summed E-state index contributed by atoms with van der Waals surface area (Å²) in [5.41, 5.74) is 3.44. The number of aromatic amines is 1. The molecule has 1 atom stereocenters. The Balaban J connectivity index is 1.86. The summed E-state index contributed by atoms with van der Waals surface area (Å²) in [6.45, 7) is 2.68. The molecule has 2 N–H and O–H groups in total. The average Bonchev–Trinajstić information content (AvgIpc) is 3.00. The topological polar surface area (TPSA) is 61.0 Å². The molecule has 2 rings (SSSR count). The maximum atomic E-state index is 12.0. The largest absolute Gasteiger partial charge is 0.354 e. The highest BCUT2D eigenvalue weighted by atomic mass is 16.1. The van der Waals surface area contributed by atoms with E-state index < -0.39 is 0 Å². The number of aryl methyl sites for hydroxylation is 2. The molecule has 0 aliphatic carbocycles. The summed E-state index contributed by atoms with van der Waals surface area (Å²) >= 11 is 0. The van der Waals surface area contributed by atoms with Crippen LogP contribution in [0.2, 0.25) is 0 Å². The van der Waals surface area contributed by atoms with Gasteiger partial charge in [0.05, 0.1) is 6.04 Å². The Labute approximate surface area is 131 Å². The molecule has 1 aromatic carbocycles. The van der Waals surface area contributed by atoms with Crippen LogP contribution in [0.15, 0.2) is 36.5 Å². The van der Waals surface area contributed by atoms with Crippen LogP contribution in [-0.2, 0) is 11.2 Å². The molecule has 0 saturated carbocycles. The lowest BCUT2D eigenvalue weighted by atomic mass is 10.0. The Morgan fingerprint density at radius 1 is 1.27 bits per heavy atom. The highest BCUT2D eigenvalue weighted by molar-refractivity contribution is 5.76. The van der Waals surface area contributed by atoms with Crippen LogP contribution in [0.25, 0.3) is 0 Å². The summed E-state index contributed by atoms with van der Waals surface area (Å²) in [5.74, 6) is 0.0635. The summed E-state index contributed by atoms with van der Waals surface area (Å²) < 4.78 is 0. The molecule has 5 heteroatoms. The van der Waals surface area contributed by atoms with Crippen molar-refractivity contribution >= 4 is 5.91 Å². The summed E-state index contributed by atoms with van der Waals surface area (Å²) in [5, 5.41) is 9.77. The third-order valence-electron chi connectivity index (χ3n) is 3.76. The van der Waals surface area contributed by atoms with E-state index in [4.69, 9.17) is 0 Å². The Kier molecular flexibility index (Phi) is 5.72. The lowest BCUT2D eigenvalue weighted by Crippen LogP contribution is -2.34. The number of likely N-dealkylation sites (N-methyl/N-ethyl adjacent to an activating group) is 1. The molecule has 1 unspecified atom stereocenters. The molecule has 5 nitrogen and oxygen atoms in total. The fourth-order valence-electron chi connectivity index (χ4n) is 2.36. The third kappa shape index (κ3) is 4.70. The van der Waals surface area contributed by atoms with Crippen LogP contribution in [0, 0.1) is 6.92 Å². The van der Waals surface area contributed by atoms with Crippen molar-refractivity contribution in [1.29, 1.82) is 0 Å². The second-order valence-electron chi connectivity index (χ2n) is 5.78. The molecule has 1 amide bonds. The van der Waals surface area contributed by atoms with Crippen LogP contribution in [0.3, 0.4) is 0 Å². The van der Waals surface area contributed by atoms with Crippen LogP contribution in [-0.4, -0.2) is 41.6 Å². The fourth-order valence-corrected chi connectivity index (χ4v) is 2.36. The van der Waals surface area contributed by atoms with Gasteiger partial charge >= 0.3 is 0 Å². The van der Waals surface area contributed by atoms with Crippen LogP contribution in [0.5, 0.6) is 0 Å². The Morgan fingerprint density at radius 2 is 2.00 bits per heavy atom. The Morgan fingerprint density at radius 3 is 2.59 bits per heavy atom. The molecule has 1 heterocycles. The first-order valence-corrected chi connectivity index (χ1v) is 7.54. The lowest BCUT2D eigenvalue weighted by molar-refractivity contribution is -0.121. The first-order chi connectivity index (χ1) is 10.6. The van der Waals surface area contributed by atoms with Gasteiger partial charge in [-0.25, -0.2) is 0 Å². The van der Waals surface area contributed by atoms with Crippen molar-refractivity contribution in [3.63, 3.8) is 0 Å². The van der Waals surface area contributed by atoms with E-state index in [1.54, 1.807) is 6.20 Å². The minimum absolute atomic E-state index is 0.0635. The fraction of sp³-hybridized carbons (Fsp3) is 0.412. The van der Waals surface area contributed by atoms with Crippen molar-refractivity contribution in [3.05, 3.63) is 53.3 Å². The van der Waals surface area contributed by atoms with E-state index in [0.717, 1.165) is 5.69 Å². The van der Waals surface area contributed by atoms with Gasteiger partial charge < -0.3 is 10.2 Å². The van der Waals surface area contributed by atoms with E-state index >= 15 is 0 Å². The molecule has 0 radical (unpaired) electrons. The number of H-pyrrole nitrogens is 1. The van der Waals surface area contributed by atoms with Crippen LogP contribution >= 0.6 is 0 Å². The number of carbonyl (C=O) groups is 1. The monoisotopic (exact) mass is 300 g/mol. The molecule has 22 heavy (non-hydrogen) atoms. The smallest absolute Gasteiger partial charge is 0.220 e. The van der Waals surface area contributed by atoms with Crippen molar-refractivity contribution in [3.8, 4) is 0 Å². The predicted octanol–water partition coefficient (Wildman–Crippen LogP) is 2.07. The summed E-state index contributed by atoms with van der Waals surface area (Å²) in [6, 6.07) is 10.5. The molecule has 0 aliphatic rings. The van der Waals surface area contributed by atoms with Crippen molar-refractivity contribution < 1.29 is 4.79 Å². The highest BCUT2D eigenvalue weighted by Gasteiger charge is 2.15. The van der Waals surface area contributed by atoms with E-state index in [2.05, 4.69) is 51.6 Å². The minimum atomic E-state index is 0.0635. The summed E-state index contributed by atoms with van der Waals surface area (Å²) in [4.78, 5) is 14.1. The van der Waals surface area contributed by atoms with Gasteiger partial charge in [-0.3, -0.25) is 9.89 Å². The number of carbonyl (C=O) groups excluding carboxylic acids is 1. The van der Waals surface area contributed by atoms with Gasteiger partial charge in [0.2, 0.25) is 5.91 Å². The molecule has 0 aliphatic heterocycles. The molecule has 118 valence electrons. The first-order valence-electron chi connectivity index (χ1n) is 7.54. The molecule has 2 aromatic rings. The quantitative estimate of drug-likeness (QED) is 0.823. The molecule has 0 saturated heterocycles. The standard InChI is InChI=1S/C17H24N4O/c1-13-4-6-14(7-5-13)16(21(2)3)12-18-17(22)9-8-15-10-11-19-20-15/h4-7,10-11,16H,8-9,12H2,1-3H3,(H,18,22)(H,19,20). The molecule has 1 aromatic heterocycles. The maximum Gasteiger partial charge on any atom is 0.220 e. The normalized spacial score (nSPS) is 12.4. The van der Waals surface area contributed by atoms with Crippen molar-refractivity contribution in [2.24, 2.45) is 0 Å². The van der Waals surface area contributed by atoms with Gasteiger partial charge in [-0.05, 0) is 39.1 Å². The van der Waals surface area contributed by atoms with E-state index in [1.807, 2.05) is 20.2 Å². The van der Waals surface area contributed by atoms with Crippen LogP contribution < -0.4 is 5.32 Å². The molecule has 0 fully saturated rings. The Bertz CT molecular complexity index is 575. The second-order valence-corrected chi connectivity index (χ2v) is 5.78. The van der Waals surface area contributed by atoms with Crippen molar-refractivity contribution in [2.45, 2.75) is 25.8 Å². The zero-order valence-electron chi connectivity index (χ0n) is 13.5. The van der Waals surface area contributed by atoms with E-state index in [9.17, 15) is 4.79 Å². The summed E-state index contributed by atoms with van der Waals surface area (Å²) in [6.07, 6.45) is 2.85. The lowest BCUT2D eigenvalue weighted by Gasteiger charge is -2.25. The van der Waals surface area contributed by atoms with E-state index in [-0.39, 0.29) is 11.9 Å². The highest BCUT2D eigenvalue weighted by Crippen LogP contribution is 2.17. The second kappa shape index (κ2) is 7.75. The number of nitrogens with one attached hydrogen (secondary N) is 2. The number of amides is 1. The van der Waals surface area contributed by atoms with Gasteiger partial charge in [0.1, 0.15) is 0 Å². The van der Waals surface area contributed by atoms with Gasteiger partial charge in [-0.15, -0.1) is 0 Å². The van der Waals surface area contributed by atoms with Gasteiger partial charge in [-0.2, -0.15) is 5.10 Å². The van der Waals surface area contributed by atoms with Gasteiger partial charge in [0.25, 0.3) is 0 Å². The van der Waals surface area contributed by atoms with Gasteiger partial charge in [0.15, 0.2) is 0 Å². The van der Waals surface area contributed by atoms with E-state index in [0.29, 0.717) is 19.4 Å². The van der Waals surface area contributed by atoms with Crippen molar-refractivity contribution in [1.82, 2.24) is 20.4 Å². The van der Waals surface area contributed by atoms with Crippen molar-refractivity contribution in [2.75, 3.05) is 20.6 Å². The maximum absolute atomic E-state index is 12.0. The molecule has 0 spiro atoms. The number of aromatic nitrogens is 2. The zero-order chi connectivity index (χ0) is 15.9. The SMILES string of the molecule is Cc1ccc(C(CNC(=O)CCc2ccn[nH]2)N(C)C)cc1. The molecular formula is C17H24N4O. The Hall–Kier alpha value is -2.14. The predicted molar refractivity (Wildman–Crippen MR) is 87.5 cm³/mol. The zero-order valence-corrected chi connectivity index (χ0v) is 13.5. The summed E-state index contributed by atoms with van der Waals surface area (Å²) in [7, 11) is 4.06. The number of hydrogen-bond donors (Lipinski definition) is 2. The average molecular weight is 300 g/mol. The first kappa shape index (κ1) is 16.2. The number of nitrogens with zero attached hydrogens (tertiary/aromatic N) is 2. The number of benzene rings is 1. The number of hydrogen-bond acceptors (Lipinski definition) is 3. The van der Waals surface area contributed by atoms with Gasteiger partial charge in [0, 0.05) is 24.9 Å². The van der Waals surface area contributed by atoms with Crippen LogP contribution in [0.4, 0.5) is 0 Å². The molecular weight excluding hydrogens is 276 g/mol. The minimum Gasteiger partial charge on any atom is -0.354 e. The third-order valence-corrected chi connectivity index (χ3v) is 3.76. The van der Waals surface area contributed by atoms with E-state index in [1.165, 1.54) is 11.1 Å².